The normalized spacial score (nSPS) is 10.9. The van der Waals surface area contributed by atoms with E-state index < -0.39 is 0 Å². The van der Waals surface area contributed by atoms with Crippen LogP contribution < -0.4 is 11.1 Å². The lowest BCUT2D eigenvalue weighted by atomic mass is 10.1. The van der Waals surface area contributed by atoms with Crippen LogP contribution >= 0.6 is 0 Å². The monoisotopic (exact) mass is 269 g/mol. The summed E-state index contributed by atoms with van der Waals surface area (Å²) in [4.78, 5) is 4.32. The molecular weight excluding hydrogens is 254 g/mol. The molecule has 3 aromatic rings. The van der Waals surface area contributed by atoms with E-state index in [4.69, 9.17) is 10.2 Å². The predicted octanol–water partition coefficient (Wildman–Crippen LogP) is 1.96. The number of hydrogen-bond donors (Lipinski definition) is 2. The van der Waals surface area contributed by atoms with Gasteiger partial charge < -0.3 is 15.5 Å². The zero-order chi connectivity index (χ0) is 13.9. The van der Waals surface area contributed by atoms with E-state index in [0.717, 1.165) is 28.2 Å². The fourth-order valence-corrected chi connectivity index (χ4v) is 1.98. The highest BCUT2D eigenvalue weighted by Crippen LogP contribution is 2.23. The SMILES string of the molecule is Cc1nc2cc(-c3ccc(NCCN)nn3)ccc2o1. The smallest absolute Gasteiger partial charge is 0.192 e. The molecule has 0 radical (unpaired) electrons. The summed E-state index contributed by atoms with van der Waals surface area (Å²) in [7, 11) is 0. The quantitative estimate of drug-likeness (QED) is 0.752. The van der Waals surface area contributed by atoms with E-state index in [9.17, 15) is 0 Å². The number of aryl methyl sites for hydroxylation is 1. The number of fused-ring (bicyclic) bond motifs is 1. The van der Waals surface area contributed by atoms with Gasteiger partial charge in [-0.3, -0.25) is 0 Å². The average Bonchev–Trinajstić information content (AvgIpc) is 2.84. The van der Waals surface area contributed by atoms with Crippen LogP contribution in [0.4, 0.5) is 5.82 Å². The summed E-state index contributed by atoms with van der Waals surface area (Å²) in [5.41, 5.74) is 8.79. The van der Waals surface area contributed by atoms with Gasteiger partial charge in [-0.2, -0.15) is 0 Å². The third-order valence-electron chi connectivity index (χ3n) is 2.91. The lowest BCUT2D eigenvalue weighted by Gasteiger charge is -2.04. The van der Waals surface area contributed by atoms with Crippen molar-refractivity contribution >= 4 is 16.9 Å². The molecule has 0 aliphatic heterocycles. The molecule has 0 spiro atoms. The van der Waals surface area contributed by atoms with Crippen LogP contribution in [0.15, 0.2) is 34.7 Å². The number of nitrogens with zero attached hydrogens (tertiary/aromatic N) is 3. The van der Waals surface area contributed by atoms with E-state index in [1.807, 2.05) is 37.3 Å². The van der Waals surface area contributed by atoms with Crippen molar-refractivity contribution in [1.29, 1.82) is 0 Å². The Hall–Kier alpha value is -2.47. The number of oxazole rings is 1. The van der Waals surface area contributed by atoms with Crippen LogP contribution in [-0.2, 0) is 0 Å². The molecule has 20 heavy (non-hydrogen) atoms. The first-order chi connectivity index (χ1) is 9.76. The number of rotatable bonds is 4. The van der Waals surface area contributed by atoms with Gasteiger partial charge in [-0.25, -0.2) is 4.98 Å². The number of benzene rings is 1. The van der Waals surface area contributed by atoms with Crippen molar-refractivity contribution in [1.82, 2.24) is 15.2 Å². The van der Waals surface area contributed by atoms with E-state index in [1.54, 1.807) is 0 Å². The number of anilines is 1. The summed E-state index contributed by atoms with van der Waals surface area (Å²) < 4.78 is 5.45. The molecule has 102 valence electrons. The minimum absolute atomic E-state index is 0.561. The van der Waals surface area contributed by atoms with Crippen LogP contribution in [0.5, 0.6) is 0 Å². The van der Waals surface area contributed by atoms with Crippen LogP contribution in [0.1, 0.15) is 5.89 Å². The molecule has 0 unspecified atom stereocenters. The van der Waals surface area contributed by atoms with Crippen molar-refractivity contribution in [2.75, 3.05) is 18.4 Å². The maximum absolute atomic E-state index is 5.45. The number of nitrogens with one attached hydrogen (secondary N) is 1. The van der Waals surface area contributed by atoms with Crippen molar-refractivity contribution in [2.45, 2.75) is 6.92 Å². The molecular formula is C14H15N5O. The topological polar surface area (TPSA) is 89.9 Å². The van der Waals surface area contributed by atoms with E-state index in [2.05, 4.69) is 20.5 Å². The van der Waals surface area contributed by atoms with Crippen molar-refractivity contribution in [3.05, 3.63) is 36.2 Å². The summed E-state index contributed by atoms with van der Waals surface area (Å²) in [6.45, 7) is 3.07. The van der Waals surface area contributed by atoms with Gasteiger partial charge >= 0.3 is 0 Å². The van der Waals surface area contributed by atoms with E-state index in [1.165, 1.54) is 0 Å². The standard InChI is InChI=1S/C14H15N5O/c1-9-17-12-8-10(2-4-13(12)20-9)11-3-5-14(19-18-11)16-7-6-15/h2-5,8H,6-7,15H2,1H3,(H,16,19). The summed E-state index contributed by atoms with van der Waals surface area (Å²) in [5.74, 6) is 1.38. The molecule has 2 aromatic heterocycles. The van der Waals surface area contributed by atoms with Gasteiger partial charge in [0.2, 0.25) is 0 Å². The van der Waals surface area contributed by atoms with Crippen LogP contribution in [-0.4, -0.2) is 28.3 Å². The molecule has 0 aliphatic rings. The molecule has 6 nitrogen and oxygen atoms in total. The molecule has 0 amide bonds. The highest BCUT2D eigenvalue weighted by Gasteiger charge is 2.06. The van der Waals surface area contributed by atoms with Gasteiger partial charge in [0.15, 0.2) is 11.5 Å². The minimum atomic E-state index is 0.561. The maximum Gasteiger partial charge on any atom is 0.192 e. The number of hydrogen-bond acceptors (Lipinski definition) is 6. The minimum Gasteiger partial charge on any atom is -0.441 e. The predicted molar refractivity (Wildman–Crippen MR) is 77.3 cm³/mol. The molecule has 3 rings (SSSR count). The second kappa shape index (κ2) is 5.26. The maximum atomic E-state index is 5.45. The first-order valence-electron chi connectivity index (χ1n) is 6.41. The zero-order valence-corrected chi connectivity index (χ0v) is 11.1. The molecule has 0 aliphatic carbocycles. The fraction of sp³-hybridized carbons (Fsp3) is 0.214. The molecule has 0 saturated heterocycles. The average molecular weight is 269 g/mol. The van der Waals surface area contributed by atoms with Gasteiger partial charge in [-0.05, 0) is 30.3 Å². The third kappa shape index (κ3) is 2.46. The van der Waals surface area contributed by atoms with Crippen LogP contribution in [0, 0.1) is 6.92 Å². The highest BCUT2D eigenvalue weighted by molar-refractivity contribution is 5.79. The molecule has 6 heteroatoms. The Bertz CT molecular complexity index is 720. The first-order valence-corrected chi connectivity index (χ1v) is 6.41. The third-order valence-corrected chi connectivity index (χ3v) is 2.91. The summed E-state index contributed by atoms with van der Waals surface area (Å²) in [6, 6.07) is 9.59. The number of aromatic nitrogens is 3. The Morgan fingerprint density at radius 2 is 2.10 bits per heavy atom. The molecule has 3 N–H and O–H groups in total. The molecule has 2 heterocycles. The van der Waals surface area contributed by atoms with Crippen molar-refractivity contribution in [3.63, 3.8) is 0 Å². The molecule has 0 saturated carbocycles. The Kier molecular flexibility index (Phi) is 3.30. The van der Waals surface area contributed by atoms with E-state index in [-0.39, 0.29) is 0 Å². The van der Waals surface area contributed by atoms with E-state index >= 15 is 0 Å². The highest BCUT2D eigenvalue weighted by atomic mass is 16.3. The molecule has 0 atom stereocenters. The van der Waals surface area contributed by atoms with Crippen LogP contribution in [0.25, 0.3) is 22.4 Å². The van der Waals surface area contributed by atoms with Gasteiger partial charge in [0, 0.05) is 25.6 Å². The van der Waals surface area contributed by atoms with Crippen LogP contribution in [0.2, 0.25) is 0 Å². The largest absolute Gasteiger partial charge is 0.441 e. The van der Waals surface area contributed by atoms with Gasteiger partial charge in [-0.15, -0.1) is 10.2 Å². The molecule has 1 aromatic carbocycles. The van der Waals surface area contributed by atoms with Crippen molar-refractivity contribution in [2.24, 2.45) is 5.73 Å². The second-order valence-corrected chi connectivity index (χ2v) is 4.43. The van der Waals surface area contributed by atoms with Gasteiger partial charge in [0.25, 0.3) is 0 Å². The Morgan fingerprint density at radius 3 is 2.85 bits per heavy atom. The van der Waals surface area contributed by atoms with Crippen molar-refractivity contribution in [3.8, 4) is 11.3 Å². The van der Waals surface area contributed by atoms with Crippen LogP contribution in [0.3, 0.4) is 0 Å². The van der Waals surface area contributed by atoms with Gasteiger partial charge in [0.05, 0.1) is 5.69 Å². The Balaban J connectivity index is 1.89. The van der Waals surface area contributed by atoms with Gasteiger partial charge in [0.1, 0.15) is 11.3 Å². The summed E-state index contributed by atoms with van der Waals surface area (Å²) >= 11 is 0. The van der Waals surface area contributed by atoms with Crippen molar-refractivity contribution < 1.29 is 4.42 Å². The van der Waals surface area contributed by atoms with E-state index in [0.29, 0.717) is 19.0 Å². The lowest BCUT2D eigenvalue weighted by molar-refractivity contribution is 0.561. The van der Waals surface area contributed by atoms with Gasteiger partial charge in [-0.1, -0.05) is 0 Å². The summed E-state index contributed by atoms with van der Waals surface area (Å²) in [6.07, 6.45) is 0. The second-order valence-electron chi connectivity index (χ2n) is 4.43. The fourth-order valence-electron chi connectivity index (χ4n) is 1.98. The first kappa shape index (κ1) is 12.6. The zero-order valence-electron chi connectivity index (χ0n) is 11.1. The Morgan fingerprint density at radius 1 is 1.20 bits per heavy atom. The molecule has 0 bridgehead atoms. The summed E-state index contributed by atoms with van der Waals surface area (Å²) in [5, 5.41) is 11.4. The lowest BCUT2D eigenvalue weighted by Crippen LogP contribution is -2.14. The Labute approximate surface area is 116 Å². The number of nitrogens with two attached hydrogens (primary N) is 1. The molecule has 0 fully saturated rings.